The van der Waals surface area contributed by atoms with Crippen LogP contribution in [0.5, 0.6) is 0 Å². The zero-order valence-electron chi connectivity index (χ0n) is 11.5. The van der Waals surface area contributed by atoms with Gasteiger partial charge in [0.1, 0.15) is 5.82 Å². The molecule has 2 aromatic rings. The number of sulfonamides is 1. The number of amides is 1. The van der Waals surface area contributed by atoms with E-state index in [1.54, 1.807) is 12.1 Å². The van der Waals surface area contributed by atoms with Crippen LogP contribution in [0.1, 0.15) is 15.9 Å². The molecule has 1 aliphatic heterocycles. The first kappa shape index (κ1) is 14.5. The minimum atomic E-state index is -3.90. The van der Waals surface area contributed by atoms with Crippen molar-refractivity contribution in [1.29, 1.82) is 0 Å². The number of anilines is 1. The van der Waals surface area contributed by atoms with Crippen molar-refractivity contribution in [3.05, 3.63) is 59.4 Å². The predicted octanol–water partition coefficient (Wildman–Crippen LogP) is 1.91. The monoisotopic (exact) mass is 320 g/mol. The third-order valence-electron chi connectivity index (χ3n) is 3.39. The molecule has 0 bridgehead atoms. The summed E-state index contributed by atoms with van der Waals surface area (Å²) in [5.74, 6) is -0.860. The highest BCUT2D eigenvalue weighted by atomic mass is 32.2. The molecule has 0 fully saturated rings. The van der Waals surface area contributed by atoms with Crippen LogP contribution in [0, 0.1) is 5.82 Å². The van der Waals surface area contributed by atoms with E-state index in [4.69, 9.17) is 0 Å². The summed E-state index contributed by atoms with van der Waals surface area (Å²) in [5.41, 5.74) is 1.59. The Morgan fingerprint density at radius 1 is 1.14 bits per heavy atom. The number of halogens is 1. The van der Waals surface area contributed by atoms with Crippen LogP contribution in [0.15, 0.2) is 47.4 Å². The minimum absolute atomic E-state index is 0.172. The summed E-state index contributed by atoms with van der Waals surface area (Å²) in [6.07, 6.45) is 0.706. The molecule has 0 saturated carbocycles. The van der Waals surface area contributed by atoms with Gasteiger partial charge in [0.05, 0.1) is 4.90 Å². The third-order valence-corrected chi connectivity index (χ3v) is 4.77. The highest BCUT2D eigenvalue weighted by molar-refractivity contribution is 7.92. The Morgan fingerprint density at radius 2 is 1.95 bits per heavy atom. The van der Waals surface area contributed by atoms with Gasteiger partial charge in [-0.05, 0) is 42.3 Å². The molecule has 5 nitrogen and oxygen atoms in total. The van der Waals surface area contributed by atoms with Crippen LogP contribution in [0.25, 0.3) is 0 Å². The molecule has 0 aromatic heterocycles. The lowest BCUT2D eigenvalue weighted by Gasteiger charge is -2.17. The van der Waals surface area contributed by atoms with Crippen molar-refractivity contribution in [2.75, 3.05) is 11.3 Å². The van der Waals surface area contributed by atoms with Crippen LogP contribution in [0.4, 0.5) is 10.1 Å². The maximum atomic E-state index is 13.2. The molecular formula is C15H13FN2O3S. The van der Waals surface area contributed by atoms with Gasteiger partial charge >= 0.3 is 0 Å². The Balaban J connectivity index is 1.93. The van der Waals surface area contributed by atoms with Crippen LogP contribution < -0.4 is 10.0 Å². The summed E-state index contributed by atoms with van der Waals surface area (Å²) in [4.78, 5) is 11.6. The Bertz CT molecular complexity index is 850. The number of benzene rings is 2. The molecule has 7 heteroatoms. The third kappa shape index (κ3) is 2.80. The summed E-state index contributed by atoms with van der Waals surface area (Å²) < 4.78 is 40.0. The molecule has 114 valence electrons. The Labute approximate surface area is 127 Å². The molecule has 22 heavy (non-hydrogen) atoms. The maximum Gasteiger partial charge on any atom is 0.261 e. The zero-order chi connectivity index (χ0) is 15.7. The molecule has 0 unspecified atom stereocenters. The summed E-state index contributed by atoms with van der Waals surface area (Å²) >= 11 is 0. The number of nitrogens with one attached hydrogen (secondary N) is 2. The van der Waals surface area contributed by atoms with E-state index in [9.17, 15) is 17.6 Å². The Morgan fingerprint density at radius 3 is 2.73 bits per heavy atom. The molecule has 2 N–H and O–H groups in total. The first-order valence-electron chi connectivity index (χ1n) is 6.65. The molecule has 0 saturated heterocycles. The van der Waals surface area contributed by atoms with Gasteiger partial charge in [-0.2, -0.15) is 0 Å². The molecular weight excluding hydrogens is 307 g/mol. The predicted molar refractivity (Wildman–Crippen MR) is 79.7 cm³/mol. The zero-order valence-corrected chi connectivity index (χ0v) is 12.3. The lowest BCUT2D eigenvalue weighted by atomic mass is 10.00. The molecule has 1 aliphatic rings. The number of carbonyl (C=O) groups excluding carboxylic acids is 1. The lowest BCUT2D eigenvalue weighted by molar-refractivity contribution is 0.0946. The molecule has 1 amide bonds. The Kier molecular flexibility index (Phi) is 3.58. The molecule has 0 aliphatic carbocycles. The van der Waals surface area contributed by atoms with Crippen molar-refractivity contribution in [2.45, 2.75) is 11.3 Å². The van der Waals surface area contributed by atoms with Crippen molar-refractivity contribution in [1.82, 2.24) is 5.32 Å². The van der Waals surface area contributed by atoms with Gasteiger partial charge in [-0.1, -0.05) is 12.1 Å². The smallest absolute Gasteiger partial charge is 0.261 e. The highest BCUT2D eigenvalue weighted by Gasteiger charge is 2.19. The van der Waals surface area contributed by atoms with E-state index < -0.39 is 15.8 Å². The van der Waals surface area contributed by atoms with E-state index in [-0.39, 0.29) is 16.5 Å². The fourth-order valence-electron chi connectivity index (χ4n) is 2.32. The van der Waals surface area contributed by atoms with Gasteiger partial charge in [-0.25, -0.2) is 12.8 Å². The summed E-state index contributed by atoms with van der Waals surface area (Å²) in [5, 5.41) is 2.70. The summed E-state index contributed by atoms with van der Waals surface area (Å²) in [7, 11) is -3.90. The van der Waals surface area contributed by atoms with Crippen LogP contribution in [0.2, 0.25) is 0 Å². The van der Waals surface area contributed by atoms with Crippen molar-refractivity contribution < 1.29 is 17.6 Å². The summed E-state index contributed by atoms with van der Waals surface area (Å²) in [6, 6.07) is 9.53. The fourth-order valence-corrected chi connectivity index (χ4v) is 3.40. The Hall–Kier alpha value is -2.41. The molecule has 3 rings (SSSR count). The molecule has 0 atom stereocenters. The van der Waals surface area contributed by atoms with E-state index in [0.29, 0.717) is 18.5 Å². The van der Waals surface area contributed by atoms with Crippen molar-refractivity contribution >= 4 is 21.6 Å². The van der Waals surface area contributed by atoms with Crippen LogP contribution >= 0.6 is 0 Å². The average Bonchev–Trinajstić information content (AvgIpc) is 2.48. The topological polar surface area (TPSA) is 75.3 Å². The fraction of sp³-hybridized carbons (Fsp3) is 0.133. The molecule has 1 heterocycles. The van der Waals surface area contributed by atoms with Gasteiger partial charge in [-0.3, -0.25) is 9.52 Å². The van der Waals surface area contributed by atoms with Gasteiger partial charge < -0.3 is 5.32 Å². The largest absolute Gasteiger partial charge is 0.352 e. The normalized spacial score (nSPS) is 14.1. The maximum absolute atomic E-state index is 13.2. The first-order valence-corrected chi connectivity index (χ1v) is 8.13. The van der Waals surface area contributed by atoms with Crippen molar-refractivity contribution in [3.63, 3.8) is 0 Å². The van der Waals surface area contributed by atoms with Crippen molar-refractivity contribution in [3.8, 4) is 0 Å². The standard InChI is InChI=1S/C15H13FN2O3S/c16-11-2-1-3-13(8-11)22(20,21)18-12-5-4-10-6-7-17-15(19)14(10)9-12/h1-5,8-9,18H,6-7H2,(H,17,19). The number of hydrogen-bond acceptors (Lipinski definition) is 3. The highest BCUT2D eigenvalue weighted by Crippen LogP contribution is 2.22. The quantitative estimate of drug-likeness (QED) is 0.907. The van der Waals surface area contributed by atoms with Crippen LogP contribution in [0.3, 0.4) is 0 Å². The van der Waals surface area contributed by atoms with Gasteiger partial charge in [-0.15, -0.1) is 0 Å². The number of rotatable bonds is 3. The van der Waals surface area contributed by atoms with Gasteiger partial charge in [0.2, 0.25) is 0 Å². The van der Waals surface area contributed by atoms with Gasteiger partial charge in [0, 0.05) is 17.8 Å². The average molecular weight is 320 g/mol. The van der Waals surface area contributed by atoms with E-state index in [1.807, 2.05) is 0 Å². The van der Waals surface area contributed by atoms with E-state index >= 15 is 0 Å². The van der Waals surface area contributed by atoms with Gasteiger partial charge in [0.15, 0.2) is 0 Å². The van der Waals surface area contributed by atoms with E-state index in [1.165, 1.54) is 24.3 Å². The lowest BCUT2D eigenvalue weighted by Crippen LogP contribution is -2.31. The molecule has 0 spiro atoms. The van der Waals surface area contributed by atoms with Crippen LogP contribution in [-0.4, -0.2) is 20.9 Å². The van der Waals surface area contributed by atoms with E-state index in [2.05, 4.69) is 10.0 Å². The van der Waals surface area contributed by atoms with Crippen LogP contribution in [-0.2, 0) is 16.4 Å². The van der Waals surface area contributed by atoms with E-state index in [0.717, 1.165) is 11.6 Å². The second-order valence-corrected chi connectivity index (χ2v) is 6.62. The van der Waals surface area contributed by atoms with Gasteiger partial charge in [0.25, 0.3) is 15.9 Å². The van der Waals surface area contributed by atoms with Crippen molar-refractivity contribution in [2.24, 2.45) is 0 Å². The number of carbonyl (C=O) groups is 1. The summed E-state index contributed by atoms with van der Waals surface area (Å²) in [6.45, 7) is 0.570. The number of fused-ring (bicyclic) bond motifs is 1. The second-order valence-electron chi connectivity index (χ2n) is 4.94. The first-order chi connectivity index (χ1) is 10.5. The molecule has 0 radical (unpaired) electrons. The molecule has 2 aromatic carbocycles. The SMILES string of the molecule is O=C1NCCc2ccc(NS(=O)(=O)c3cccc(F)c3)cc21. The number of hydrogen-bond donors (Lipinski definition) is 2. The minimum Gasteiger partial charge on any atom is -0.352 e. The second kappa shape index (κ2) is 5.42.